The molecule has 0 unspecified atom stereocenters. The van der Waals surface area contributed by atoms with Gasteiger partial charge in [0.05, 0.1) is 5.56 Å². The third-order valence-electron chi connectivity index (χ3n) is 5.09. The Morgan fingerprint density at radius 3 is 2.40 bits per heavy atom. The maximum absolute atomic E-state index is 12.8. The molecular weight excluding hydrogens is 314 g/mol. The maximum Gasteiger partial charge on any atom is 0.339 e. The van der Waals surface area contributed by atoms with Crippen LogP contribution in [0.5, 0.6) is 0 Å². The zero-order valence-corrected chi connectivity index (χ0v) is 15.1. The quantitative estimate of drug-likeness (QED) is 0.788. The molecule has 0 bridgehead atoms. The first kappa shape index (κ1) is 17.5. The topological polar surface area (TPSA) is 46.6 Å². The average Bonchev–Trinajstić information content (AvgIpc) is 2.60. The van der Waals surface area contributed by atoms with Crippen molar-refractivity contribution in [1.29, 1.82) is 0 Å². The Balaban J connectivity index is 1.76. The first-order valence-electron chi connectivity index (χ1n) is 9.00. The fourth-order valence-corrected chi connectivity index (χ4v) is 3.74. The van der Waals surface area contributed by atoms with Crippen LogP contribution < -0.4 is 0 Å². The van der Waals surface area contributed by atoms with Crippen molar-refractivity contribution in [3.8, 4) is 0 Å². The molecule has 0 saturated carbocycles. The van der Waals surface area contributed by atoms with Crippen LogP contribution in [0, 0.1) is 0 Å². The monoisotopic (exact) mass is 339 g/mol. The van der Waals surface area contributed by atoms with Crippen molar-refractivity contribution < 1.29 is 14.3 Å². The number of benzene rings is 2. The molecule has 0 radical (unpaired) electrons. The minimum atomic E-state index is -0.783. The van der Waals surface area contributed by atoms with E-state index in [1.165, 1.54) is 0 Å². The Labute approximate surface area is 148 Å². The van der Waals surface area contributed by atoms with Crippen LogP contribution in [0.25, 0.3) is 10.8 Å². The van der Waals surface area contributed by atoms with Gasteiger partial charge in [-0.15, -0.1) is 0 Å². The van der Waals surface area contributed by atoms with Gasteiger partial charge in [0.15, 0.2) is 6.10 Å². The molecule has 1 saturated heterocycles. The summed E-state index contributed by atoms with van der Waals surface area (Å²) in [6.45, 7) is 5.79. The van der Waals surface area contributed by atoms with Crippen LogP contribution in [0.3, 0.4) is 0 Å². The summed E-state index contributed by atoms with van der Waals surface area (Å²) in [4.78, 5) is 27.3. The molecule has 0 spiro atoms. The van der Waals surface area contributed by atoms with Gasteiger partial charge in [-0.3, -0.25) is 4.79 Å². The van der Waals surface area contributed by atoms with Crippen molar-refractivity contribution in [1.82, 2.24) is 4.90 Å². The number of esters is 1. The Hall–Kier alpha value is -2.36. The summed E-state index contributed by atoms with van der Waals surface area (Å²) < 4.78 is 5.53. The van der Waals surface area contributed by atoms with E-state index in [0.29, 0.717) is 5.56 Å². The number of piperidine rings is 1. The van der Waals surface area contributed by atoms with E-state index in [2.05, 4.69) is 13.8 Å². The van der Waals surface area contributed by atoms with E-state index in [-0.39, 0.29) is 18.0 Å². The van der Waals surface area contributed by atoms with Gasteiger partial charge in [0, 0.05) is 12.1 Å². The van der Waals surface area contributed by atoms with E-state index < -0.39 is 12.1 Å². The molecule has 132 valence electrons. The maximum atomic E-state index is 12.8. The number of hydrogen-bond donors (Lipinski definition) is 0. The van der Waals surface area contributed by atoms with Crippen LogP contribution in [0.15, 0.2) is 42.5 Å². The van der Waals surface area contributed by atoms with Gasteiger partial charge in [0.1, 0.15) is 0 Å². The Morgan fingerprint density at radius 2 is 1.68 bits per heavy atom. The number of nitrogens with zero attached hydrogens (tertiary/aromatic N) is 1. The molecule has 0 aromatic heterocycles. The summed E-state index contributed by atoms with van der Waals surface area (Å²) in [6, 6.07) is 13.6. The van der Waals surface area contributed by atoms with Crippen LogP contribution in [-0.2, 0) is 9.53 Å². The van der Waals surface area contributed by atoms with E-state index in [4.69, 9.17) is 4.74 Å². The summed E-state index contributed by atoms with van der Waals surface area (Å²) in [5.74, 6) is -0.553. The highest BCUT2D eigenvalue weighted by atomic mass is 16.5. The van der Waals surface area contributed by atoms with Crippen molar-refractivity contribution in [2.45, 2.75) is 58.2 Å². The summed E-state index contributed by atoms with van der Waals surface area (Å²) in [5, 5.41) is 1.82. The Bertz CT molecular complexity index is 770. The molecule has 3 rings (SSSR count). The van der Waals surface area contributed by atoms with Gasteiger partial charge >= 0.3 is 5.97 Å². The highest BCUT2D eigenvalue weighted by Crippen LogP contribution is 2.24. The number of hydrogen-bond acceptors (Lipinski definition) is 3. The molecule has 1 fully saturated rings. The normalized spacial score (nSPS) is 21.8. The van der Waals surface area contributed by atoms with E-state index in [1.54, 1.807) is 13.0 Å². The third-order valence-corrected chi connectivity index (χ3v) is 5.09. The molecule has 1 heterocycles. The van der Waals surface area contributed by atoms with Crippen molar-refractivity contribution >= 4 is 22.6 Å². The number of ether oxygens (including phenoxy) is 1. The van der Waals surface area contributed by atoms with Crippen LogP contribution in [0.4, 0.5) is 0 Å². The molecule has 1 aliphatic rings. The van der Waals surface area contributed by atoms with Crippen molar-refractivity contribution in [3.05, 3.63) is 48.0 Å². The molecule has 4 heteroatoms. The van der Waals surface area contributed by atoms with Gasteiger partial charge < -0.3 is 9.64 Å². The molecule has 25 heavy (non-hydrogen) atoms. The summed E-state index contributed by atoms with van der Waals surface area (Å²) in [6.07, 6.45) is 2.35. The van der Waals surface area contributed by atoms with E-state index >= 15 is 0 Å². The molecular formula is C21H25NO3. The standard InChI is InChI=1S/C21H25NO3/c1-14-8-6-9-15(2)22(14)20(23)16(3)25-21(24)19-13-7-11-17-10-4-5-12-18(17)19/h4-5,7,10-16H,6,8-9H2,1-3H3/t14-,15+,16-/m1/s1. The zero-order valence-electron chi connectivity index (χ0n) is 15.1. The first-order chi connectivity index (χ1) is 12.0. The lowest BCUT2D eigenvalue weighted by molar-refractivity contribution is -0.146. The largest absolute Gasteiger partial charge is 0.449 e. The van der Waals surface area contributed by atoms with Gasteiger partial charge in [0.25, 0.3) is 5.91 Å². The predicted octanol–water partition coefficient (Wildman–Crippen LogP) is 4.17. The van der Waals surface area contributed by atoms with Crippen molar-refractivity contribution in [2.75, 3.05) is 0 Å². The third kappa shape index (κ3) is 3.53. The van der Waals surface area contributed by atoms with Crippen LogP contribution in [0.1, 0.15) is 50.4 Å². The fourth-order valence-electron chi connectivity index (χ4n) is 3.74. The van der Waals surface area contributed by atoms with Crippen LogP contribution in [0.2, 0.25) is 0 Å². The van der Waals surface area contributed by atoms with E-state index in [9.17, 15) is 9.59 Å². The molecule has 2 aromatic rings. The molecule has 3 atom stereocenters. The minimum absolute atomic E-state index is 0.103. The zero-order chi connectivity index (χ0) is 18.0. The SMILES string of the molecule is C[C@@H]1CCC[C@H](C)N1C(=O)[C@@H](C)OC(=O)c1cccc2ccccc12. The smallest absolute Gasteiger partial charge is 0.339 e. The second-order valence-corrected chi connectivity index (χ2v) is 6.95. The second-order valence-electron chi connectivity index (χ2n) is 6.95. The number of carbonyl (C=O) groups excluding carboxylic acids is 2. The van der Waals surface area contributed by atoms with Gasteiger partial charge in [-0.2, -0.15) is 0 Å². The lowest BCUT2D eigenvalue weighted by atomic mass is 9.97. The lowest BCUT2D eigenvalue weighted by Crippen LogP contribution is -2.51. The van der Waals surface area contributed by atoms with Crippen molar-refractivity contribution in [2.24, 2.45) is 0 Å². The number of likely N-dealkylation sites (tertiary alicyclic amines) is 1. The Kier molecular flexibility index (Phi) is 5.07. The molecule has 1 aliphatic heterocycles. The summed E-state index contributed by atoms with van der Waals surface area (Å²) in [7, 11) is 0. The number of amides is 1. The highest BCUT2D eigenvalue weighted by Gasteiger charge is 2.33. The highest BCUT2D eigenvalue weighted by molar-refractivity contribution is 6.05. The molecule has 0 aliphatic carbocycles. The van der Waals surface area contributed by atoms with Crippen LogP contribution in [-0.4, -0.2) is 35.0 Å². The summed E-state index contributed by atoms with van der Waals surface area (Å²) in [5.41, 5.74) is 0.498. The van der Waals surface area contributed by atoms with Gasteiger partial charge in [-0.25, -0.2) is 4.79 Å². The second kappa shape index (κ2) is 7.26. The van der Waals surface area contributed by atoms with Gasteiger partial charge in [0.2, 0.25) is 0 Å². The molecule has 1 amide bonds. The average molecular weight is 339 g/mol. The summed E-state index contributed by atoms with van der Waals surface area (Å²) >= 11 is 0. The molecule has 4 nitrogen and oxygen atoms in total. The number of rotatable bonds is 3. The van der Waals surface area contributed by atoms with Crippen molar-refractivity contribution in [3.63, 3.8) is 0 Å². The molecule has 2 aromatic carbocycles. The van der Waals surface area contributed by atoms with E-state index in [1.807, 2.05) is 41.3 Å². The van der Waals surface area contributed by atoms with Gasteiger partial charge in [-0.05, 0) is 56.9 Å². The number of fused-ring (bicyclic) bond motifs is 1. The lowest BCUT2D eigenvalue weighted by Gasteiger charge is -2.40. The molecule has 0 N–H and O–H groups in total. The van der Waals surface area contributed by atoms with E-state index in [0.717, 1.165) is 30.0 Å². The minimum Gasteiger partial charge on any atom is -0.449 e. The predicted molar refractivity (Wildman–Crippen MR) is 98.4 cm³/mol. The Morgan fingerprint density at radius 1 is 1.04 bits per heavy atom. The van der Waals surface area contributed by atoms with Gasteiger partial charge in [-0.1, -0.05) is 36.4 Å². The van der Waals surface area contributed by atoms with Crippen LogP contribution >= 0.6 is 0 Å². The number of carbonyl (C=O) groups is 2. The fraction of sp³-hybridized carbons (Fsp3) is 0.429. The first-order valence-corrected chi connectivity index (χ1v) is 9.00.